The minimum Gasteiger partial charge on any atom is -0.465 e. The third-order valence-corrected chi connectivity index (χ3v) is 5.34. The molecule has 0 radical (unpaired) electrons. The molecule has 7 heteroatoms. The number of carbonyl (C=O) groups is 3. The molecule has 0 spiro atoms. The SMILES string of the molecule is COC(=O)c1ccc(Cl)c(NC(=O)C2CC2C(=O)N2CCCCCC2)c1. The first-order valence-electron chi connectivity index (χ1n) is 8.99. The van der Waals surface area contributed by atoms with Gasteiger partial charge in [-0.15, -0.1) is 0 Å². The Morgan fingerprint density at radius 1 is 1.12 bits per heavy atom. The number of hydrogen-bond acceptors (Lipinski definition) is 4. The van der Waals surface area contributed by atoms with Gasteiger partial charge in [-0.05, 0) is 37.5 Å². The number of rotatable bonds is 4. The summed E-state index contributed by atoms with van der Waals surface area (Å²) in [6.07, 6.45) is 4.95. The number of nitrogens with one attached hydrogen (secondary N) is 1. The number of anilines is 1. The van der Waals surface area contributed by atoms with Crippen LogP contribution in [0.1, 0.15) is 42.5 Å². The summed E-state index contributed by atoms with van der Waals surface area (Å²) in [5.41, 5.74) is 0.660. The van der Waals surface area contributed by atoms with Gasteiger partial charge in [-0.25, -0.2) is 4.79 Å². The molecule has 2 aliphatic rings. The molecule has 1 aliphatic heterocycles. The zero-order valence-electron chi connectivity index (χ0n) is 14.8. The normalized spacial score (nSPS) is 22.3. The number of methoxy groups -OCH3 is 1. The van der Waals surface area contributed by atoms with Crippen LogP contribution in [0, 0.1) is 11.8 Å². The maximum absolute atomic E-state index is 12.6. The third kappa shape index (κ3) is 4.18. The molecule has 1 aromatic rings. The highest BCUT2D eigenvalue weighted by Gasteiger charge is 2.49. The smallest absolute Gasteiger partial charge is 0.337 e. The van der Waals surface area contributed by atoms with Crippen LogP contribution in [0.5, 0.6) is 0 Å². The van der Waals surface area contributed by atoms with Gasteiger partial charge >= 0.3 is 5.97 Å². The number of carbonyl (C=O) groups excluding carboxylic acids is 3. The molecule has 1 aromatic carbocycles. The Balaban J connectivity index is 1.61. The summed E-state index contributed by atoms with van der Waals surface area (Å²) < 4.78 is 4.68. The fourth-order valence-electron chi connectivity index (χ4n) is 3.37. The van der Waals surface area contributed by atoms with Crippen molar-refractivity contribution in [2.45, 2.75) is 32.1 Å². The second-order valence-electron chi connectivity index (χ2n) is 6.86. The molecule has 140 valence electrons. The minimum atomic E-state index is -0.502. The van der Waals surface area contributed by atoms with E-state index in [1.807, 2.05) is 4.90 Å². The fraction of sp³-hybridized carbons (Fsp3) is 0.526. The molecule has 2 unspecified atom stereocenters. The number of nitrogens with zero attached hydrogens (tertiary/aromatic N) is 1. The molecule has 1 saturated heterocycles. The first-order chi connectivity index (χ1) is 12.5. The zero-order chi connectivity index (χ0) is 18.7. The van der Waals surface area contributed by atoms with Gasteiger partial charge in [-0.2, -0.15) is 0 Å². The maximum atomic E-state index is 12.6. The Bertz CT molecular complexity index is 713. The van der Waals surface area contributed by atoms with Crippen molar-refractivity contribution in [2.24, 2.45) is 11.8 Å². The van der Waals surface area contributed by atoms with Crippen molar-refractivity contribution in [1.82, 2.24) is 4.90 Å². The number of hydrogen-bond donors (Lipinski definition) is 1. The van der Waals surface area contributed by atoms with Gasteiger partial charge in [-0.1, -0.05) is 24.4 Å². The van der Waals surface area contributed by atoms with E-state index in [0.717, 1.165) is 38.8 Å². The monoisotopic (exact) mass is 378 g/mol. The fourth-order valence-corrected chi connectivity index (χ4v) is 3.54. The van der Waals surface area contributed by atoms with Crippen molar-refractivity contribution in [2.75, 3.05) is 25.5 Å². The number of benzene rings is 1. The largest absolute Gasteiger partial charge is 0.465 e. The van der Waals surface area contributed by atoms with Crippen molar-refractivity contribution in [3.05, 3.63) is 28.8 Å². The van der Waals surface area contributed by atoms with Crippen LogP contribution in [-0.2, 0) is 14.3 Å². The van der Waals surface area contributed by atoms with Crippen LogP contribution in [0.3, 0.4) is 0 Å². The highest BCUT2D eigenvalue weighted by atomic mass is 35.5. The van der Waals surface area contributed by atoms with E-state index in [2.05, 4.69) is 10.1 Å². The van der Waals surface area contributed by atoms with Gasteiger partial charge in [0.05, 0.1) is 35.2 Å². The third-order valence-electron chi connectivity index (χ3n) is 5.01. The molecular formula is C19H23ClN2O4. The van der Waals surface area contributed by atoms with E-state index >= 15 is 0 Å². The number of likely N-dealkylation sites (tertiary alicyclic amines) is 1. The number of halogens is 1. The first kappa shape index (κ1) is 18.7. The van der Waals surface area contributed by atoms with E-state index in [1.54, 1.807) is 0 Å². The van der Waals surface area contributed by atoms with Crippen molar-refractivity contribution in [3.8, 4) is 0 Å². The highest BCUT2D eigenvalue weighted by Crippen LogP contribution is 2.41. The van der Waals surface area contributed by atoms with Gasteiger partial charge < -0.3 is 15.0 Å². The van der Waals surface area contributed by atoms with Gasteiger partial charge in [-0.3, -0.25) is 9.59 Å². The lowest BCUT2D eigenvalue weighted by molar-refractivity contribution is -0.134. The molecule has 1 saturated carbocycles. The van der Waals surface area contributed by atoms with E-state index in [-0.39, 0.29) is 23.7 Å². The van der Waals surface area contributed by atoms with Crippen molar-refractivity contribution in [1.29, 1.82) is 0 Å². The van der Waals surface area contributed by atoms with E-state index < -0.39 is 5.97 Å². The Labute approximate surface area is 157 Å². The molecule has 6 nitrogen and oxygen atoms in total. The maximum Gasteiger partial charge on any atom is 0.337 e. The van der Waals surface area contributed by atoms with E-state index in [1.165, 1.54) is 25.3 Å². The topological polar surface area (TPSA) is 75.7 Å². The Kier molecular flexibility index (Phi) is 5.81. The molecular weight excluding hydrogens is 356 g/mol. The Morgan fingerprint density at radius 2 is 1.81 bits per heavy atom. The second-order valence-corrected chi connectivity index (χ2v) is 7.27. The van der Waals surface area contributed by atoms with E-state index in [0.29, 0.717) is 22.7 Å². The zero-order valence-corrected chi connectivity index (χ0v) is 15.6. The summed E-state index contributed by atoms with van der Waals surface area (Å²) in [6.45, 7) is 1.58. The quantitative estimate of drug-likeness (QED) is 0.817. The van der Waals surface area contributed by atoms with Gasteiger partial charge in [0.15, 0.2) is 0 Å². The van der Waals surface area contributed by atoms with Gasteiger partial charge in [0.1, 0.15) is 0 Å². The van der Waals surface area contributed by atoms with Crippen LogP contribution in [0.25, 0.3) is 0 Å². The lowest BCUT2D eigenvalue weighted by Crippen LogP contribution is -2.34. The van der Waals surface area contributed by atoms with E-state index in [4.69, 9.17) is 11.6 Å². The average molecular weight is 379 g/mol. The van der Waals surface area contributed by atoms with Crippen LogP contribution in [-0.4, -0.2) is 42.9 Å². The predicted molar refractivity (Wildman–Crippen MR) is 98.1 cm³/mol. The molecule has 0 bridgehead atoms. The number of esters is 1. The summed E-state index contributed by atoms with van der Waals surface area (Å²) in [5, 5.41) is 3.08. The molecule has 1 N–H and O–H groups in total. The van der Waals surface area contributed by atoms with Crippen molar-refractivity contribution < 1.29 is 19.1 Å². The first-order valence-corrected chi connectivity index (χ1v) is 9.36. The van der Waals surface area contributed by atoms with Crippen LogP contribution in [0.2, 0.25) is 5.02 Å². The van der Waals surface area contributed by atoms with E-state index in [9.17, 15) is 14.4 Å². The Hall–Kier alpha value is -2.08. The highest BCUT2D eigenvalue weighted by molar-refractivity contribution is 6.34. The molecule has 1 aliphatic carbocycles. The van der Waals surface area contributed by atoms with Gasteiger partial charge in [0.2, 0.25) is 11.8 Å². The number of ether oxygens (including phenoxy) is 1. The summed E-state index contributed by atoms with van der Waals surface area (Å²) >= 11 is 6.11. The predicted octanol–water partition coefficient (Wildman–Crippen LogP) is 3.10. The summed E-state index contributed by atoms with van der Waals surface area (Å²) in [7, 11) is 1.29. The lowest BCUT2D eigenvalue weighted by atomic mass is 10.2. The average Bonchev–Trinajstić information content (AvgIpc) is 3.46. The van der Waals surface area contributed by atoms with Crippen molar-refractivity contribution >= 4 is 35.1 Å². The van der Waals surface area contributed by atoms with Gasteiger partial charge in [0.25, 0.3) is 0 Å². The molecule has 1 heterocycles. The molecule has 0 aromatic heterocycles. The summed E-state index contributed by atoms with van der Waals surface area (Å²) in [6, 6.07) is 4.56. The van der Waals surface area contributed by atoms with Crippen LogP contribution in [0.15, 0.2) is 18.2 Å². The number of amides is 2. The summed E-state index contributed by atoms with van der Waals surface area (Å²) in [5.74, 6) is -1.22. The standard InChI is InChI=1S/C19H23ClN2O4/c1-26-19(25)12-6-7-15(20)16(10-12)21-17(23)13-11-14(13)18(24)22-8-4-2-3-5-9-22/h6-7,10,13-14H,2-5,8-9,11H2,1H3,(H,21,23). The minimum absolute atomic E-state index is 0.0847. The summed E-state index contributed by atoms with van der Waals surface area (Å²) in [4.78, 5) is 38.6. The molecule has 2 atom stereocenters. The Morgan fingerprint density at radius 3 is 2.46 bits per heavy atom. The molecule has 2 amide bonds. The van der Waals surface area contributed by atoms with Gasteiger partial charge in [0, 0.05) is 13.1 Å². The molecule has 2 fully saturated rings. The molecule has 26 heavy (non-hydrogen) atoms. The molecule has 3 rings (SSSR count). The van der Waals surface area contributed by atoms with Crippen LogP contribution in [0.4, 0.5) is 5.69 Å². The second kappa shape index (κ2) is 8.08. The van der Waals surface area contributed by atoms with Crippen LogP contribution < -0.4 is 5.32 Å². The van der Waals surface area contributed by atoms with Crippen LogP contribution >= 0.6 is 11.6 Å². The lowest BCUT2D eigenvalue weighted by Gasteiger charge is -2.20. The van der Waals surface area contributed by atoms with Crippen molar-refractivity contribution in [3.63, 3.8) is 0 Å².